The van der Waals surface area contributed by atoms with E-state index in [1.54, 1.807) is 0 Å². The third-order valence-electron chi connectivity index (χ3n) is 5.23. The topological polar surface area (TPSA) is 577 Å². The van der Waals surface area contributed by atoms with Crippen molar-refractivity contribution in [2.45, 2.75) is 94.5 Å². The third kappa shape index (κ3) is 56.1. The van der Waals surface area contributed by atoms with Gasteiger partial charge in [-0.15, -0.1) is 0 Å². The van der Waals surface area contributed by atoms with Crippen molar-refractivity contribution in [3.63, 3.8) is 0 Å². The predicted octanol–water partition coefficient (Wildman–Crippen LogP) is -7.27. The lowest BCUT2D eigenvalue weighted by molar-refractivity contribution is -0.140. The second-order valence-corrected chi connectivity index (χ2v) is 10.4. The van der Waals surface area contributed by atoms with Crippen LogP contribution >= 0.6 is 0 Å². The third-order valence-corrected chi connectivity index (χ3v) is 5.23. The number of guanidine groups is 1. The highest BCUT2D eigenvalue weighted by Crippen LogP contribution is 1.97. The Labute approximate surface area is 310 Å². The van der Waals surface area contributed by atoms with Crippen molar-refractivity contribution in [3.8, 4) is 0 Å². The fraction of sp³-hybridized carbons (Fsp3) is 0.667. The Bertz CT molecular complexity index is 1130. The molecule has 27 heteroatoms. The van der Waals surface area contributed by atoms with Gasteiger partial charge in [0.2, 0.25) is 11.8 Å². The Morgan fingerprint density at radius 1 is 0.519 bits per heavy atom. The van der Waals surface area contributed by atoms with E-state index in [1.807, 2.05) is 0 Å². The lowest BCUT2D eigenvalue weighted by Crippen LogP contribution is -2.34. The fourth-order valence-electron chi connectivity index (χ4n) is 2.08. The number of primary amides is 2. The molecule has 0 spiro atoms. The summed E-state index contributed by atoms with van der Waals surface area (Å²) in [5, 5.41) is 56.8. The number of hydrogen-bond acceptors (Lipinski definition) is 17. The molecule has 0 radical (unpaired) electrons. The number of carboxylic acid groups (broad SMARTS) is 6. The first-order valence-electron chi connectivity index (χ1n) is 15.5. The molecule has 0 rings (SSSR count). The highest BCUT2D eigenvalue weighted by atomic mass is 16.4. The molecule has 0 aromatic carbocycles. The number of nitrogens with two attached hydrogens (primary N) is 11. The summed E-state index contributed by atoms with van der Waals surface area (Å²) in [7, 11) is 0. The summed E-state index contributed by atoms with van der Waals surface area (Å²) in [6.45, 7) is 1.94. The molecule has 0 bridgehead atoms. The van der Waals surface area contributed by atoms with E-state index in [2.05, 4.69) is 10.7 Å². The van der Waals surface area contributed by atoms with Gasteiger partial charge in [0.05, 0.1) is 13.0 Å². The number of unbranched alkanes of at least 4 members (excludes halogenated alkanes) is 1. The molecule has 0 aromatic rings. The van der Waals surface area contributed by atoms with Crippen LogP contribution in [0.2, 0.25) is 0 Å². The second kappa shape index (κ2) is 38.9. The summed E-state index contributed by atoms with van der Waals surface area (Å²) >= 11 is 0. The summed E-state index contributed by atoms with van der Waals surface area (Å²) in [6.07, 6.45) is 2.93. The summed E-state index contributed by atoms with van der Waals surface area (Å²) in [5.41, 5.74) is 54.7. The highest BCUT2D eigenvalue weighted by molar-refractivity contribution is 5.83. The fourth-order valence-corrected chi connectivity index (χ4v) is 2.08. The van der Waals surface area contributed by atoms with Crippen LogP contribution in [0.4, 0.5) is 0 Å². The molecule has 54 heavy (non-hydrogen) atoms. The van der Waals surface area contributed by atoms with Gasteiger partial charge in [-0.1, -0.05) is 6.42 Å². The highest BCUT2D eigenvalue weighted by Gasteiger charge is 2.14. The van der Waals surface area contributed by atoms with Gasteiger partial charge in [0.25, 0.3) is 0 Å². The molecular formula is C27H60N12O15. The maximum Gasteiger partial charge on any atom is 0.322 e. The Morgan fingerprint density at radius 3 is 1.09 bits per heavy atom. The minimum absolute atomic E-state index is 0.0129. The van der Waals surface area contributed by atoms with E-state index in [1.165, 1.54) is 6.92 Å². The largest absolute Gasteiger partial charge is 0.480 e. The Balaban J connectivity index is -0.000000130. The standard InChI is InChI=1S/C6H14N4O2.C6H14N2O2.C5H10N2O3.C4H8N2O3.C3H7NO3.C3H7NO2/c7-4(5(11)12)2-1-3-10-6(8)9;7-4-2-1-3-5(8)6(9)10;6-3(5(9)10)1-2-4(7)8;5-2(4(8)9)1-3(6)7;4-2(1-5)3(6)7;1-2(4)3(5)6/h4H,1-3,7H2,(H,11,12)(H4,8,9,10);5H,1-4,7-8H2,(H,9,10);3H,1-2,6H2,(H2,7,8)(H,9,10);2H,1,5H2,(H2,6,7)(H,8,9);2,5H,1,4H2,(H,6,7);2H,4H2,1H3,(H,5,6). The average molecular weight is 793 g/mol. The zero-order chi connectivity index (χ0) is 44.1. The van der Waals surface area contributed by atoms with Crippen LogP contribution in [0.5, 0.6) is 0 Å². The summed E-state index contributed by atoms with van der Waals surface area (Å²) in [4.78, 5) is 83.3. The van der Waals surface area contributed by atoms with Crippen molar-refractivity contribution in [3.05, 3.63) is 0 Å². The Morgan fingerprint density at radius 2 is 0.870 bits per heavy atom. The first-order valence-corrected chi connectivity index (χ1v) is 15.5. The summed E-state index contributed by atoms with van der Waals surface area (Å²) in [6, 6.07) is -5.54. The molecule has 0 aliphatic heterocycles. The van der Waals surface area contributed by atoms with Crippen molar-refractivity contribution in [2.75, 3.05) is 19.7 Å². The van der Waals surface area contributed by atoms with E-state index in [9.17, 15) is 38.4 Å². The number of aliphatic imine (C=N–C) groups is 1. The number of carbonyl (C=O) groups is 8. The van der Waals surface area contributed by atoms with E-state index < -0.39 is 90.5 Å². The maximum absolute atomic E-state index is 10.2. The van der Waals surface area contributed by atoms with Gasteiger partial charge in [-0.25, -0.2) is 0 Å². The van der Waals surface area contributed by atoms with Crippen LogP contribution in [-0.2, 0) is 38.4 Å². The molecule has 318 valence electrons. The minimum atomic E-state index is -1.21. The number of aliphatic hydroxyl groups excluding tert-OH is 1. The number of carboxylic acids is 6. The number of nitrogens with zero attached hydrogens (tertiary/aromatic N) is 1. The molecule has 29 N–H and O–H groups in total. The van der Waals surface area contributed by atoms with Crippen molar-refractivity contribution in [2.24, 2.45) is 68.1 Å². The number of hydrogen-bond donors (Lipinski definition) is 18. The molecule has 6 unspecified atom stereocenters. The van der Waals surface area contributed by atoms with Gasteiger partial charge in [-0.05, 0) is 45.6 Å². The number of aliphatic carboxylic acids is 6. The molecule has 27 nitrogen and oxygen atoms in total. The normalized spacial score (nSPS) is 12.8. The first-order chi connectivity index (χ1) is 24.6. The second-order valence-electron chi connectivity index (χ2n) is 10.4. The molecule has 6 atom stereocenters. The molecule has 0 fully saturated rings. The molecule has 0 saturated carbocycles. The predicted molar refractivity (Wildman–Crippen MR) is 191 cm³/mol. The van der Waals surface area contributed by atoms with Crippen molar-refractivity contribution >= 4 is 53.6 Å². The Kier molecular flexibility index (Phi) is 43.8. The van der Waals surface area contributed by atoms with Crippen LogP contribution < -0.4 is 63.1 Å². The van der Waals surface area contributed by atoms with E-state index in [0.717, 1.165) is 12.8 Å². The number of carbonyl (C=O) groups excluding carboxylic acids is 2. The van der Waals surface area contributed by atoms with Crippen LogP contribution in [0.1, 0.15) is 58.3 Å². The lowest BCUT2D eigenvalue weighted by atomic mass is 10.1. The maximum atomic E-state index is 10.2. The van der Waals surface area contributed by atoms with Gasteiger partial charge in [-0.3, -0.25) is 43.3 Å². The Hall–Kier alpha value is -5.29. The number of rotatable bonds is 20. The number of aliphatic hydroxyl groups is 1. The SMILES string of the molecule is CC(N)C(=O)O.NC(=O)CC(N)C(=O)O.NC(=O)CCC(N)C(=O)O.NC(CO)C(=O)O.NC(N)=NCCCC(N)C(=O)O.NCCCCC(N)C(=O)O. The zero-order valence-electron chi connectivity index (χ0n) is 29.9. The molecule has 0 aromatic heterocycles. The van der Waals surface area contributed by atoms with Gasteiger partial charge >= 0.3 is 35.8 Å². The molecule has 0 aliphatic carbocycles. The summed E-state index contributed by atoms with van der Waals surface area (Å²) < 4.78 is 0. The van der Waals surface area contributed by atoms with Crippen LogP contribution in [0.25, 0.3) is 0 Å². The van der Waals surface area contributed by atoms with E-state index in [4.69, 9.17) is 93.1 Å². The van der Waals surface area contributed by atoms with Gasteiger partial charge in [-0.2, -0.15) is 0 Å². The van der Waals surface area contributed by atoms with Crippen molar-refractivity contribution < 1.29 is 74.1 Å². The van der Waals surface area contributed by atoms with Crippen LogP contribution in [-0.4, -0.2) is 145 Å². The average Bonchev–Trinajstić information content (AvgIpc) is 3.05. The molecule has 0 aliphatic rings. The van der Waals surface area contributed by atoms with Crippen molar-refractivity contribution in [1.82, 2.24) is 0 Å². The first kappa shape index (κ1) is 60.8. The minimum Gasteiger partial charge on any atom is -0.480 e. The number of amides is 2. The smallest absolute Gasteiger partial charge is 0.322 e. The zero-order valence-corrected chi connectivity index (χ0v) is 29.9. The van der Waals surface area contributed by atoms with Crippen LogP contribution in [0.3, 0.4) is 0 Å². The van der Waals surface area contributed by atoms with Crippen LogP contribution in [0.15, 0.2) is 4.99 Å². The van der Waals surface area contributed by atoms with Crippen molar-refractivity contribution in [1.29, 1.82) is 0 Å². The van der Waals surface area contributed by atoms with Gasteiger partial charge in [0.15, 0.2) is 5.96 Å². The quantitative estimate of drug-likeness (QED) is 0.0309. The van der Waals surface area contributed by atoms with E-state index in [-0.39, 0.29) is 25.2 Å². The van der Waals surface area contributed by atoms with Crippen LogP contribution in [0, 0.1) is 0 Å². The monoisotopic (exact) mass is 792 g/mol. The van der Waals surface area contributed by atoms with Gasteiger partial charge in [0, 0.05) is 13.0 Å². The lowest BCUT2D eigenvalue weighted by Gasteiger charge is -2.03. The molecule has 2 amide bonds. The molecular weight excluding hydrogens is 732 g/mol. The summed E-state index contributed by atoms with van der Waals surface area (Å²) in [5.74, 6) is -7.62. The van der Waals surface area contributed by atoms with Gasteiger partial charge in [0.1, 0.15) is 36.3 Å². The molecule has 0 heterocycles. The van der Waals surface area contributed by atoms with E-state index in [0.29, 0.717) is 32.4 Å². The molecule has 0 saturated heterocycles. The van der Waals surface area contributed by atoms with E-state index >= 15 is 0 Å². The van der Waals surface area contributed by atoms with Gasteiger partial charge < -0.3 is 98.8 Å².